The number of allylic oxidation sites excluding steroid dienone is 1. The second kappa shape index (κ2) is 11.7. The lowest BCUT2D eigenvalue weighted by Gasteiger charge is -2.26. The number of fused-ring (bicyclic) bond motifs is 1. The molecule has 0 fully saturated rings. The Bertz CT molecular complexity index is 1740. The van der Waals surface area contributed by atoms with Crippen molar-refractivity contribution in [1.82, 2.24) is 4.57 Å². The SMILES string of the molecule is CCOC(=O)C1=C(C)N=c2s/c(=C\c3ccc(OC(C)=O)cc3OC(C)=O)c(=O)n2[C@H]1c1ccc(C(C)(C)C)cc1. The molecule has 0 saturated heterocycles. The number of esters is 3. The van der Waals surface area contributed by atoms with Gasteiger partial charge in [0.1, 0.15) is 11.5 Å². The van der Waals surface area contributed by atoms with Gasteiger partial charge in [0, 0.05) is 25.5 Å². The molecule has 0 N–H and O–H groups in total. The summed E-state index contributed by atoms with van der Waals surface area (Å²) >= 11 is 1.15. The maximum absolute atomic E-state index is 13.9. The fourth-order valence-corrected chi connectivity index (χ4v) is 5.56. The minimum atomic E-state index is -0.749. The monoisotopic (exact) mass is 576 g/mol. The number of thiazole rings is 1. The summed E-state index contributed by atoms with van der Waals surface area (Å²) in [4.78, 5) is 55.3. The molecule has 0 unspecified atom stereocenters. The first-order valence-electron chi connectivity index (χ1n) is 13.1. The van der Waals surface area contributed by atoms with Crippen molar-refractivity contribution in [2.24, 2.45) is 4.99 Å². The Labute approximate surface area is 241 Å². The van der Waals surface area contributed by atoms with Crippen molar-refractivity contribution in [2.75, 3.05) is 6.61 Å². The number of rotatable bonds is 6. The van der Waals surface area contributed by atoms with Gasteiger partial charge in [0.05, 0.1) is 28.5 Å². The quantitative estimate of drug-likeness (QED) is 0.323. The number of nitrogens with zero attached hydrogens (tertiary/aromatic N) is 2. The molecule has 0 saturated carbocycles. The van der Waals surface area contributed by atoms with E-state index in [4.69, 9.17) is 14.2 Å². The van der Waals surface area contributed by atoms with E-state index >= 15 is 0 Å². The lowest BCUT2D eigenvalue weighted by molar-refractivity contribution is -0.139. The van der Waals surface area contributed by atoms with E-state index in [1.807, 2.05) is 24.3 Å². The number of carbonyl (C=O) groups excluding carboxylic acids is 3. The van der Waals surface area contributed by atoms with Gasteiger partial charge in [-0.3, -0.25) is 19.0 Å². The van der Waals surface area contributed by atoms with Gasteiger partial charge in [-0.2, -0.15) is 0 Å². The predicted molar refractivity (Wildman–Crippen MR) is 155 cm³/mol. The first-order valence-corrected chi connectivity index (χ1v) is 13.9. The Morgan fingerprint density at radius 2 is 1.68 bits per heavy atom. The zero-order valence-electron chi connectivity index (χ0n) is 24.1. The second-order valence-corrected chi connectivity index (χ2v) is 11.6. The molecule has 41 heavy (non-hydrogen) atoms. The number of carbonyl (C=O) groups is 3. The van der Waals surface area contributed by atoms with Crippen LogP contribution in [0.1, 0.15) is 71.2 Å². The first-order chi connectivity index (χ1) is 19.3. The van der Waals surface area contributed by atoms with Crippen LogP contribution in [0.25, 0.3) is 6.08 Å². The van der Waals surface area contributed by atoms with Gasteiger partial charge in [-0.05, 0) is 48.6 Å². The standard InChI is InChI=1S/C31H32N2O7S/c1-8-38-29(37)26-17(2)32-30-33(27(26)20-9-12-22(13-10-20)31(5,6)7)28(36)25(41-30)15-21-11-14-23(39-18(3)34)16-24(21)40-19(4)35/h9-16,27H,8H2,1-7H3/b25-15-/t27-/m0/s1. The first kappa shape index (κ1) is 29.7. The van der Waals surface area contributed by atoms with Crippen LogP contribution in [-0.2, 0) is 24.5 Å². The van der Waals surface area contributed by atoms with Crippen molar-refractivity contribution in [2.45, 2.75) is 59.9 Å². The van der Waals surface area contributed by atoms with E-state index in [0.29, 0.717) is 26.2 Å². The highest BCUT2D eigenvalue weighted by atomic mass is 32.1. The topological polar surface area (TPSA) is 113 Å². The third kappa shape index (κ3) is 6.38. The zero-order valence-corrected chi connectivity index (χ0v) is 24.9. The molecule has 1 atom stereocenters. The molecule has 0 amide bonds. The molecule has 0 spiro atoms. The van der Waals surface area contributed by atoms with Crippen LogP contribution in [0.15, 0.2) is 63.5 Å². The van der Waals surface area contributed by atoms with Crippen LogP contribution in [0, 0.1) is 0 Å². The lowest BCUT2D eigenvalue weighted by Crippen LogP contribution is -2.40. The number of hydrogen-bond acceptors (Lipinski definition) is 9. The van der Waals surface area contributed by atoms with E-state index in [1.165, 1.54) is 24.5 Å². The highest BCUT2D eigenvalue weighted by Crippen LogP contribution is 2.32. The van der Waals surface area contributed by atoms with Crippen LogP contribution in [0.3, 0.4) is 0 Å². The fraction of sp³-hybridized carbons (Fsp3) is 0.323. The van der Waals surface area contributed by atoms with Gasteiger partial charge in [0.2, 0.25) is 0 Å². The van der Waals surface area contributed by atoms with Crippen LogP contribution in [-0.4, -0.2) is 29.1 Å². The van der Waals surface area contributed by atoms with E-state index < -0.39 is 23.9 Å². The molecular weight excluding hydrogens is 544 g/mol. The minimum absolute atomic E-state index is 0.0761. The molecule has 1 aliphatic heterocycles. The summed E-state index contributed by atoms with van der Waals surface area (Å²) in [6, 6.07) is 11.6. The van der Waals surface area contributed by atoms with Gasteiger partial charge in [-0.25, -0.2) is 9.79 Å². The van der Waals surface area contributed by atoms with Crippen LogP contribution >= 0.6 is 11.3 Å². The van der Waals surface area contributed by atoms with E-state index in [9.17, 15) is 19.2 Å². The Morgan fingerprint density at radius 3 is 2.27 bits per heavy atom. The van der Waals surface area contributed by atoms with E-state index in [1.54, 1.807) is 32.1 Å². The third-order valence-corrected chi connectivity index (χ3v) is 7.38. The van der Waals surface area contributed by atoms with Crippen molar-refractivity contribution < 1.29 is 28.6 Å². The fourth-order valence-electron chi connectivity index (χ4n) is 4.52. The molecule has 9 nitrogen and oxygen atoms in total. The molecule has 3 aromatic rings. The summed E-state index contributed by atoms with van der Waals surface area (Å²) in [6.45, 7) is 12.5. The average Bonchev–Trinajstić information content (AvgIpc) is 3.18. The maximum atomic E-state index is 13.9. The third-order valence-electron chi connectivity index (χ3n) is 6.40. The van der Waals surface area contributed by atoms with Gasteiger partial charge in [0.15, 0.2) is 4.80 Å². The molecule has 4 rings (SSSR count). The van der Waals surface area contributed by atoms with Crippen LogP contribution in [0.4, 0.5) is 0 Å². The van der Waals surface area contributed by atoms with Crippen LogP contribution in [0.2, 0.25) is 0 Å². The van der Waals surface area contributed by atoms with E-state index in [2.05, 4.69) is 25.8 Å². The Kier molecular flexibility index (Phi) is 8.44. The number of aromatic nitrogens is 1. The van der Waals surface area contributed by atoms with Crippen molar-refractivity contribution in [1.29, 1.82) is 0 Å². The molecular formula is C31H32N2O7S. The van der Waals surface area contributed by atoms with Gasteiger partial charge >= 0.3 is 17.9 Å². The molecule has 2 aromatic carbocycles. The number of benzene rings is 2. The summed E-state index contributed by atoms with van der Waals surface area (Å²) < 4.78 is 17.6. The molecule has 10 heteroatoms. The Morgan fingerprint density at radius 1 is 1.02 bits per heavy atom. The molecule has 0 aliphatic carbocycles. The molecule has 1 aliphatic rings. The van der Waals surface area contributed by atoms with Crippen molar-refractivity contribution in [3.63, 3.8) is 0 Å². The van der Waals surface area contributed by atoms with E-state index in [0.717, 1.165) is 22.5 Å². The summed E-state index contributed by atoms with van der Waals surface area (Å²) in [5, 5.41) is 0. The highest BCUT2D eigenvalue weighted by molar-refractivity contribution is 7.07. The summed E-state index contributed by atoms with van der Waals surface area (Å²) in [5.41, 5.74) is 2.59. The molecule has 1 aromatic heterocycles. The van der Waals surface area contributed by atoms with Gasteiger partial charge in [0.25, 0.3) is 5.56 Å². The average molecular weight is 577 g/mol. The number of hydrogen-bond donors (Lipinski definition) is 0. The minimum Gasteiger partial charge on any atom is -0.463 e. The predicted octanol–water partition coefficient (Wildman–Crippen LogP) is 3.95. The molecule has 0 bridgehead atoms. The highest BCUT2D eigenvalue weighted by Gasteiger charge is 2.33. The maximum Gasteiger partial charge on any atom is 0.338 e. The molecule has 0 radical (unpaired) electrons. The Hall–Kier alpha value is -4.31. The van der Waals surface area contributed by atoms with Crippen molar-refractivity contribution in [3.05, 3.63) is 90.1 Å². The van der Waals surface area contributed by atoms with Crippen molar-refractivity contribution >= 4 is 35.3 Å². The summed E-state index contributed by atoms with van der Waals surface area (Å²) in [7, 11) is 0. The lowest BCUT2D eigenvalue weighted by atomic mass is 9.85. The number of ether oxygens (including phenoxy) is 3. The summed E-state index contributed by atoms with van der Waals surface area (Å²) in [5.74, 6) is -1.32. The smallest absolute Gasteiger partial charge is 0.338 e. The van der Waals surface area contributed by atoms with E-state index in [-0.39, 0.29) is 29.1 Å². The second-order valence-electron chi connectivity index (χ2n) is 10.6. The summed E-state index contributed by atoms with van der Waals surface area (Å²) in [6.07, 6.45) is 1.59. The Balaban J connectivity index is 1.92. The molecule has 2 heterocycles. The van der Waals surface area contributed by atoms with Crippen molar-refractivity contribution in [3.8, 4) is 11.5 Å². The van der Waals surface area contributed by atoms with Gasteiger partial charge in [-0.1, -0.05) is 56.4 Å². The zero-order chi connectivity index (χ0) is 30.1. The largest absolute Gasteiger partial charge is 0.463 e. The normalized spacial score (nSPS) is 15.2. The van der Waals surface area contributed by atoms with Crippen LogP contribution < -0.4 is 24.4 Å². The van der Waals surface area contributed by atoms with Gasteiger partial charge in [-0.15, -0.1) is 0 Å². The molecule has 214 valence electrons. The van der Waals surface area contributed by atoms with Crippen LogP contribution in [0.5, 0.6) is 11.5 Å². The van der Waals surface area contributed by atoms with Gasteiger partial charge < -0.3 is 14.2 Å².